The average molecular weight is 436 g/mol. The second-order valence-corrected chi connectivity index (χ2v) is 8.82. The summed E-state index contributed by atoms with van der Waals surface area (Å²) in [5.41, 5.74) is 2.60. The van der Waals surface area contributed by atoms with Crippen molar-refractivity contribution in [3.8, 4) is 5.75 Å². The minimum absolute atomic E-state index is 0.0468. The van der Waals surface area contributed by atoms with Crippen molar-refractivity contribution < 1.29 is 22.5 Å². The molecule has 0 bridgehead atoms. The number of phenolic OH excluding ortho intramolecular Hbond substituents is 1. The van der Waals surface area contributed by atoms with E-state index >= 15 is 0 Å². The fourth-order valence-electron chi connectivity index (χ4n) is 3.83. The van der Waals surface area contributed by atoms with Gasteiger partial charge in [0.15, 0.2) is 0 Å². The second kappa shape index (κ2) is 8.37. The van der Waals surface area contributed by atoms with Gasteiger partial charge in [0.2, 0.25) is 0 Å². The lowest BCUT2D eigenvalue weighted by molar-refractivity contribution is 0.466. The zero-order valence-corrected chi connectivity index (χ0v) is 17.3. The van der Waals surface area contributed by atoms with Crippen LogP contribution in [0.4, 0.5) is 0 Å². The van der Waals surface area contributed by atoms with Gasteiger partial charge >= 0.3 is 5.63 Å². The van der Waals surface area contributed by atoms with Gasteiger partial charge in [-0.1, -0.05) is 60.7 Å². The van der Waals surface area contributed by atoms with Gasteiger partial charge in [-0.15, -0.1) is 0 Å². The van der Waals surface area contributed by atoms with Gasteiger partial charge in [0.1, 0.15) is 17.1 Å². The Morgan fingerprint density at radius 1 is 0.806 bits per heavy atom. The summed E-state index contributed by atoms with van der Waals surface area (Å²) < 4.78 is 38.0. The second-order valence-electron chi connectivity index (χ2n) is 7.37. The van der Waals surface area contributed by atoms with Crippen LogP contribution >= 0.6 is 0 Å². The van der Waals surface area contributed by atoms with Gasteiger partial charge in [0.05, 0.1) is 0 Å². The van der Waals surface area contributed by atoms with Crippen LogP contribution in [0.1, 0.15) is 27.8 Å². The fourth-order valence-corrected chi connectivity index (χ4v) is 4.45. The summed E-state index contributed by atoms with van der Waals surface area (Å²) in [7, 11) is -4.40. The molecular weight excluding hydrogens is 416 g/mol. The summed E-state index contributed by atoms with van der Waals surface area (Å²) in [5.74, 6) is -0.777. The molecule has 0 fully saturated rings. The molecule has 3 aromatic carbocycles. The van der Waals surface area contributed by atoms with Crippen LogP contribution in [0.5, 0.6) is 5.75 Å². The van der Waals surface area contributed by atoms with E-state index in [1.54, 1.807) is 0 Å². The third-order valence-corrected chi connectivity index (χ3v) is 5.77. The lowest BCUT2D eigenvalue weighted by Crippen LogP contribution is -2.10. The molecule has 0 amide bonds. The minimum Gasteiger partial charge on any atom is -0.508 e. The Bertz CT molecular complexity index is 1390. The first kappa shape index (κ1) is 20.8. The summed E-state index contributed by atoms with van der Waals surface area (Å²) in [6.45, 7) is 0. The Hall–Kier alpha value is -3.42. The minimum atomic E-state index is -4.40. The van der Waals surface area contributed by atoms with Crippen LogP contribution in [0.2, 0.25) is 0 Å². The van der Waals surface area contributed by atoms with Crippen molar-refractivity contribution in [3.05, 3.63) is 111 Å². The van der Waals surface area contributed by atoms with Gasteiger partial charge in [-0.25, -0.2) is 4.79 Å². The van der Waals surface area contributed by atoms with Gasteiger partial charge < -0.3 is 9.52 Å². The Labute approximate surface area is 179 Å². The Morgan fingerprint density at radius 2 is 1.35 bits per heavy atom. The smallest absolute Gasteiger partial charge is 0.336 e. The molecule has 0 unspecified atom stereocenters. The number of benzene rings is 3. The fraction of sp³-hybridized carbons (Fsp3) is 0.125. The average Bonchev–Trinajstić information content (AvgIpc) is 2.70. The number of hydrogen-bond acceptors (Lipinski definition) is 5. The predicted molar refractivity (Wildman–Crippen MR) is 118 cm³/mol. The van der Waals surface area contributed by atoms with Crippen molar-refractivity contribution in [1.29, 1.82) is 0 Å². The highest BCUT2D eigenvalue weighted by Crippen LogP contribution is 2.35. The summed E-state index contributed by atoms with van der Waals surface area (Å²) >= 11 is 0. The molecule has 2 N–H and O–H groups in total. The number of hydrogen-bond donors (Lipinski definition) is 2. The van der Waals surface area contributed by atoms with Crippen molar-refractivity contribution in [2.45, 2.75) is 18.6 Å². The first-order valence-corrected chi connectivity index (χ1v) is 11.2. The van der Waals surface area contributed by atoms with E-state index in [0.29, 0.717) is 29.4 Å². The summed E-state index contributed by atoms with van der Waals surface area (Å²) in [6.07, 6.45) is 0.773. The van der Waals surface area contributed by atoms with Gasteiger partial charge in [-0.3, -0.25) is 4.55 Å². The summed E-state index contributed by atoms with van der Waals surface area (Å²) in [4.78, 5) is 12.0. The zero-order valence-electron chi connectivity index (χ0n) is 16.5. The van der Waals surface area contributed by atoms with Crippen LogP contribution in [0, 0.1) is 0 Å². The van der Waals surface area contributed by atoms with E-state index in [1.165, 1.54) is 6.07 Å². The molecule has 1 heterocycles. The standard InChI is InChI=1S/C24H20O6S/c25-21-14-22-24(18(13-23(26)30-22)15-31(27,28)29)20(12-17-9-5-2-6-10-17)19(21)11-16-7-3-1-4-8-16/h1-10,13-14,25H,11-12,15H2,(H,27,28,29). The molecule has 0 atom stereocenters. The highest BCUT2D eigenvalue weighted by molar-refractivity contribution is 7.85. The Balaban J connectivity index is 2.01. The molecule has 0 saturated carbocycles. The van der Waals surface area contributed by atoms with E-state index in [1.807, 2.05) is 60.7 Å². The van der Waals surface area contributed by atoms with E-state index < -0.39 is 21.5 Å². The predicted octanol–water partition coefficient (Wildman–Crippen LogP) is 4.07. The van der Waals surface area contributed by atoms with E-state index in [4.69, 9.17) is 4.42 Å². The van der Waals surface area contributed by atoms with Crippen LogP contribution < -0.4 is 5.63 Å². The molecule has 0 spiro atoms. The molecule has 0 aliphatic rings. The number of fused-ring (bicyclic) bond motifs is 1. The third-order valence-electron chi connectivity index (χ3n) is 5.10. The van der Waals surface area contributed by atoms with Crippen molar-refractivity contribution in [2.24, 2.45) is 0 Å². The van der Waals surface area contributed by atoms with Crippen LogP contribution in [-0.4, -0.2) is 18.1 Å². The van der Waals surface area contributed by atoms with Crippen molar-refractivity contribution in [2.75, 3.05) is 0 Å². The van der Waals surface area contributed by atoms with E-state index in [-0.39, 0.29) is 16.9 Å². The molecule has 1 aromatic heterocycles. The zero-order chi connectivity index (χ0) is 22.0. The molecule has 6 nitrogen and oxygen atoms in total. The molecule has 7 heteroatoms. The van der Waals surface area contributed by atoms with Crippen LogP contribution in [0.3, 0.4) is 0 Å². The monoisotopic (exact) mass is 436 g/mol. The molecule has 0 aliphatic heterocycles. The molecule has 31 heavy (non-hydrogen) atoms. The molecule has 0 saturated heterocycles. The van der Waals surface area contributed by atoms with Gasteiger partial charge in [-0.2, -0.15) is 8.42 Å². The highest BCUT2D eigenvalue weighted by atomic mass is 32.2. The lowest BCUT2D eigenvalue weighted by atomic mass is 9.90. The molecular formula is C24H20O6S. The highest BCUT2D eigenvalue weighted by Gasteiger charge is 2.21. The van der Waals surface area contributed by atoms with Crippen molar-refractivity contribution >= 4 is 21.1 Å². The van der Waals surface area contributed by atoms with Crippen LogP contribution in [0.25, 0.3) is 11.0 Å². The largest absolute Gasteiger partial charge is 0.508 e. The molecule has 158 valence electrons. The molecule has 4 aromatic rings. The first-order chi connectivity index (χ1) is 14.8. The summed E-state index contributed by atoms with van der Waals surface area (Å²) in [5, 5.41) is 11.2. The lowest BCUT2D eigenvalue weighted by Gasteiger charge is -2.17. The normalized spacial score (nSPS) is 11.6. The van der Waals surface area contributed by atoms with Crippen molar-refractivity contribution in [3.63, 3.8) is 0 Å². The van der Waals surface area contributed by atoms with E-state index in [9.17, 15) is 22.9 Å². The topological polar surface area (TPSA) is 105 Å². The maximum Gasteiger partial charge on any atom is 0.336 e. The summed E-state index contributed by atoms with van der Waals surface area (Å²) in [6, 6.07) is 21.5. The van der Waals surface area contributed by atoms with E-state index in [0.717, 1.165) is 17.2 Å². The van der Waals surface area contributed by atoms with Crippen LogP contribution in [0.15, 0.2) is 82.0 Å². The molecule has 0 radical (unpaired) electrons. The number of aromatic hydroxyl groups is 1. The Kier molecular flexibility index (Phi) is 5.63. The Morgan fingerprint density at radius 3 is 1.90 bits per heavy atom. The van der Waals surface area contributed by atoms with Gasteiger partial charge in [0, 0.05) is 29.5 Å². The number of phenols is 1. The number of rotatable bonds is 6. The van der Waals surface area contributed by atoms with Crippen molar-refractivity contribution in [1.82, 2.24) is 0 Å². The van der Waals surface area contributed by atoms with E-state index in [2.05, 4.69) is 0 Å². The maximum absolute atomic E-state index is 12.0. The molecule has 4 rings (SSSR count). The SMILES string of the molecule is O=c1cc(CS(=O)(=O)O)c2c(Cc3ccccc3)c(Cc3ccccc3)c(O)cc2o1. The third kappa shape index (κ3) is 4.84. The maximum atomic E-state index is 12.0. The van der Waals surface area contributed by atoms with Crippen LogP contribution in [-0.2, 0) is 28.7 Å². The van der Waals surface area contributed by atoms with Gasteiger partial charge in [-0.05, 0) is 28.7 Å². The quantitative estimate of drug-likeness (QED) is 0.349. The van der Waals surface area contributed by atoms with Gasteiger partial charge in [0.25, 0.3) is 10.1 Å². The first-order valence-electron chi connectivity index (χ1n) is 9.63. The molecule has 0 aliphatic carbocycles.